The van der Waals surface area contributed by atoms with Crippen molar-refractivity contribution in [3.05, 3.63) is 46.8 Å². The van der Waals surface area contributed by atoms with Gasteiger partial charge in [0.25, 0.3) is 0 Å². The van der Waals surface area contributed by atoms with Crippen molar-refractivity contribution in [1.82, 2.24) is 20.3 Å². The van der Waals surface area contributed by atoms with Gasteiger partial charge in [0.05, 0.1) is 6.42 Å². The molecule has 2 aromatic heterocycles. The number of nitrogens with one attached hydrogen (secondary N) is 2. The van der Waals surface area contributed by atoms with Gasteiger partial charge in [-0.15, -0.1) is 0 Å². The molecule has 0 saturated heterocycles. The third-order valence-corrected chi connectivity index (χ3v) is 3.09. The Morgan fingerprint density at radius 3 is 2.53 bits per heavy atom. The van der Waals surface area contributed by atoms with Crippen molar-refractivity contribution in [3.8, 4) is 0 Å². The number of hydrogen-bond acceptors (Lipinski definition) is 3. The van der Waals surface area contributed by atoms with Crippen molar-refractivity contribution in [2.75, 3.05) is 0 Å². The van der Waals surface area contributed by atoms with Gasteiger partial charge in [-0.25, -0.2) is 9.97 Å². The molecular formula is C14H18N4O. The molecule has 100 valence electrons. The smallest absolute Gasteiger partial charge is 0.224 e. The molecule has 0 aromatic carbocycles. The highest BCUT2D eigenvalue weighted by Crippen LogP contribution is 2.08. The van der Waals surface area contributed by atoms with Gasteiger partial charge in [-0.3, -0.25) is 4.79 Å². The Labute approximate surface area is 112 Å². The Kier molecular flexibility index (Phi) is 3.94. The zero-order valence-electron chi connectivity index (χ0n) is 11.4. The number of amides is 1. The van der Waals surface area contributed by atoms with Crippen molar-refractivity contribution < 1.29 is 4.79 Å². The molecule has 19 heavy (non-hydrogen) atoms. The third kappa shape index (κ3) is 3.40. The van der Waals surface area contributed by atoms with E-state index in [1.165, 1.54) is 0 Å². The van der Waals surface area contributed by atoms with E-state index in [1.54, 1.807) is 6.33 Å². The quantitative estimate of drug-likeness (QED) is 0.874. The molecule has 2 aromatic rings. The molecule has 2 heterocycles. The van der Waals surface area contributed by atoms with Gasteiger partial charge in [-0.05, 0) is 32.4 Å². The van der Waals surface area contributed by atoms with Crippen LogP contribution in [0.1, 0.15) is 28.2 Å². The number of H-pyrrole nitrogens is 1. The van der Waals surface area contributed by atoms with Crippen LogP contribution in [0.15, 0.2) is 18.6 Å². The number of hydrogen-bond donors (Lipinski definition) is 2. The van der Waals surface area contributed by atoms with Crippen LogP contribution in [0.4, 0.5) is 0 Å². The Morgan fingerprint density at radius 2 is 1.95 bits per heavy atom. The lowest BCUT2D eigenvalue weighted by molar-refractivity contribution is -0.120. The summed E-state index contributed by atoms with van der Waals surface area (Å²) < 4.78 is 0. The number of nitrogens with zero attached hydrogens (tertiary/aromatic N) is 2. The number of carbonyl (C=O) groups is 1. The fourth-order valence-electron chi connectivity index (χ4n) is 1.98. The summed E-state index contributed by atoms with van der Waals surface area (Å²) in [4.78, 5) is 23.2. The van der Waals surface area contributed by atoms with Crippen molar-refractivity contribution >= 4 is 5.91 Å². The number of aromatic amines is 1. The summed E-state index contributed by atoms with van der Waals surface area (Å²) in [6, 6.07) is 1.97. The summed E-state index contributed by atoms with van der Waals surface area (Å²) in [6.07, 6.45) is 3.78. The Bertz CT molecular complexity index is 569. The molecule has 0 spiro atoms. The van der Waals surface area contributed by atoms with Gasteiger partial charge in [0, 0.05) is 35.4 Å². The van der Waals surface area contributed by atoms with E-state index in [1.807, 2.05) is 33.0 Å². The van der Waals surface area contributed by atoms with E-state index in [9.17, 15) is 4.79 Å². The topological polar surface area (TPSA) is 70.7 Å². The molecule has 0 bridgehead atoms. The highest BCUT2D eigenvalue weighted by Gasteiger charge is 2.08. The standard InChI is InChI=1S/C14H18N4O/c1-9-4-12(6-15-9)5-14(19)16-7-13-10(2)17-8-18-11(13)3/h4,6,8,15H,5,7H2,1-3H3,(H,16,19). The summed E-state index contributed by atoms with van der Waals surface area (Å²) in [7, 11) is 0. The Morgan fingerprint density at radius 1 is 1.26 bits per heavy atom. The first kappa shape index (κ1) is 13.3. The molecular weight excluding hydrogens is 240 g/mol. The average molecular weight is 258 g/mol. The van der Waals surface area contributed by atoms with Gasteiger partial charge >= 0.3 is 0 Å². The summed E-state index contributed by atoms with van der Waals surface area (Å²) in [5.41, 5.74) is 4.86. The first-order chi connectivity index (χ1) is 9.06. The maximum atomic E-state index is 11.9. The minimum atomic E-state index is 0.00153. The molecule has 0 radical (unpaired) electrons. The van der Waals surface area contributed by atoms with Crippen molar-refractivity contribution in [1.29, 1.82) is 0 Å². The second kappa shape index (κ2) is 5.65. The maximum Gasteiger partial charge on any atom is 0.224 e. The summed E-state index contributed by atoms with van der Waals surface area (Å²) in [6.45, 7) is 6.29. The lowest BCUT2D eigenvalue weighted by Crippen LogP contribution is -2.25. The van der Waals surface area contributed by atoms with Crippen molar-refractivity contribution in [2.45, 2.75) is 33.7 Å². The van der Waals surface area contributed by atoms with Gasteiger partial charge < -0.3 is 10.3 Å². The first-order valence-electron chi connectivity index (χ1n) is 6.24. The Balaban J connectivity index is 1.93. The molecule has 1 amide bonds. The van der Waals surface area contributed by atoms with Crippen LogP contribution in [0.25, 0.3) is 0 Å². The zero-order chi connectivity index (χ0) is 13.8. The molecule has 0 aliphatic heterocycles. The second-order valence-corrected chi connectivity index (χ2v) is 4.67. The highest BCUT2D eigenvalue weighted by molar-refractivity contribution is 5.78. The van der Waals surface area contributed by atoms with Gasteiger partial charge in [-0.2, -0.15) is 0 Å². The van der Waals surface area contributed by atoms with Crippen LogP contribution in [-0.2, 0) is 17.8 Å². The molecule has 0 fully saturated rings. The maximum absolute atomic E-state index is 11.9. The lowest BCUT2D eigenvalue weighted by Gasteiger charge is -2.09. The van der Waals surface area contributed by atoms with E-state index in [-0.39, 0.29) is 5.91 Å². The monoisotopic (exact) mass is 258 g/mol. The second-order valence-electron chi connectivity index (χ2n) is 4.67. The predicted molar refractivity (Wildman–Crippen MR) is 72.6 cm³/mol. The molecule has 0 saturated carbocycles. The molecule has 2 N–H and O–H groups in total. The highest BCUT2D eigenvalue weighted by atomic mass is 16.1. The van der Waals surface area contributed by atoms with Crippen molar-refractivity contribution in [2.24, 2.45) is 0 Å². The van der Waals surface area contributed by atoms with Gasteiger partial charge in [0.1, 0.15) is 6.33 Å². The summed E-state index contributed by atoms with van der Waals surface area (Å²) in [5, 5.41) is 2.91. The normalized spacial score (nSPS) is 10.5. The molecule has 0 unspecified atom stereocenters. The van der Waals surface area contributed by atoms with Crippen LogP contribution < -0.4 is 5.32 Å². The van der Waals surface area contributed by atoms with Crippen LogP contribution in [0.2, 0.25) is 0 Å². The van der Waals surface area contributed by atoms with Gasteiger partial charge in [-0.1, -0.05) is 0 Å². The number of aromatic nitrogens is 3. The Hall–Kier alpha value is -2.17. The molecule has 5 heteroatoms. The molecule has 2 rings (SSSR count). The van der Waals surface area contributed by atoms with Crippen LogP contribution in [0.5, 0.6) is 0 Å². The van der Waals surface area contributed by atoms with Gasteiger partial charge in [0.2, 0.25) is 5.91 Å². The molecule has 0 atom stereocenters. The zero-order valence-corrected chi connectivity index (χ0v) is 11.4. The minimum Gasteiger partial charge on any atom is -0.365 e. The van der Waals surface area contributed by atoms with Crippen LogP contribution >= 0.6 is 0 Å². The van der Waals surface area contributed by atoms with E-state index in [0.717, 1.165) is 28.2 Å². The van der Waals surface area contributed by atoms with E-state index in [4.69, 9.17) is 0 Å². The predicted octanol–water partition coefficient (Wildman–Crippen LogP) is 1.59. The largest absolute Gasteiger partial charge is 0.365 e. The van der Waals surface area contributed by atoms with Gasteiger partial charge in [0.15, 0.2) is 0 Å². The first-order valence-corrected chi connectivity index (χ1v) is 6.24. The van der Waals surface area contributed by atoms with E-state index < -0.39 is 0 Å². The number of rotatable bonds is 4. The summed E-state index contributed by atoms with van der Waals surface area (Å²) >= 11 is 0. The molecule has 5 nitrogen and oxygen atoms in total. The fourth-order valence-corrected chi connectivity index (χ4v) is 1.98. The van der Waals surface area contributed by atoms with E-state index in [0.29, 0.717) is 13.0 Å². The van der Waals surface area contributed by atoms with Crippen LogP contribution in [0, 0.1) is 20.8 Å². The average Bonchev–Trinajstić information content (AvgIpc) is 2.74. The molecule has 0 aliphatic rings. The van der Waals surface area contributed by atoms with Crippen molar-refractivity contribution in [3.63, 3.8) is 0 Å². The van der Waals surface area contributed by atoms with E-state index >= 15 is 0 Å². The number of carbonyl (C=O) groups excluding carboxylic acids is 1. The third-order valence-electron chi connectivity index (χ3n) is 3.09. The van der Waals surface area contributed by atoms with Crippen LogP contribution in [-0.4, -0.2) is 20.9 Å². The number of aryl methyl sites for hydroxylation is 3. The van der Waals surface area contributed by atoms with Crippen LogP contribution in [0.3, 0.4) is 0 Å². The fraction of sp³-hybridized carbons (Fsp3) is 0.357. The SMILES string of the molecule is Cc1cc(CC(=O)NCc2c(C)ncnc2C)c[nH]1. The van der Waals surface area contributed by atoms with E-state index in [2.05, 4.69) is 20.3 Å². The molecule has 0 aliphatic carbocycles. The minimum absolute atomic E-state index is 0.00153. The summed E-state index contributed by atoms with van der Waals surface area (Å²) in [5.74, 6) is 0.00153. The lowest BCUT2D eigenvalue weighted by atomic mass is 10.1.